The predicted octanol–water partition coefficient (Wildman–Crippen LogP) is 3.77. The molecule has 33 heavy (non-hydrogen) atoms. The Bertz CT molecular complexity index is 946. The standard InChI is InChI=1S/C25H31FN2O5/c1-3-31-23-17-19(11-12-22(23)33-18-24(29)28-13-7-4-8-14-28)25(30)27(2)15-16-32-21-10-6-5-9-20(21)26/h5-6,9-12,17H,3-4,7-8,13-16,18H2,1-2H3. The topological polar surface area (TPSA) is 68.3 Å². The summed E-state index contributed by atoms with van der Waals surface area (Å²) in [6, 6.07) is 11.0. The summed E-state index contributed by atoms with van der Waals surface area (Å²) < 4.78 is 30.5. The van der Waals surface area contributed by atoms with Crippen LogP contribution >= 0.6 is 0 Å². The molecule has 0 spiro atoms. The van der Waals surface area contributed by atoms with Crippen LogP contribution in [0.2, 0.25) is 0 Å². The molecule has 0 radical (unpaired) electrons. The Morgan fingerprint density at radius 1 is 0.970 bits per heavy atom. The monoisotopic (exact) mass is 458 g/mol. The fraction of sp³-hybridized carbons (Fsp3) is 0.440. The molecular weight excluding hydrogens is 427 g/mol. The molecule has 0 saturated carbocycles. The summed E-state index contributed by atoms with van der Waals surface area (Å²) in [6.45, 7) is 4.12. The van der Waals surface area contributed by atoms with Gasteiger partial charge in [-0.25, -0.2) is 4.39 Å². The van der Waals surface area contributed by atoms with Crippen molar-refractivity contribution in [2.75, 3.05) is 46.5 Å². The Hall–Kier alpha value is -3.29. The van der Waals surface area contributed by atoms with Crippen LogP contribution in [-0.4, -0.2) is 68.1 Å². The molecule has 2 aromatic carbocycles. The van der Waals surface area contributed by atoms with Crippen molar-refractivity contribution in [1.29, 1.82) is 0 Å². The minimum Gasteiger partial charge on any atom is -0.490 e. The zero-order valence-corrected chi connectivity index (χ0v) is 19.2. The summed E-state index contributed by atoms with van der Waals surface area (Å²) in [5.74, 6) is 0.255. The van der Waals surface area contributed by atoms with Gasteiger partial charge >= 0.3 is 0 Å². The van der Waals surface area contributed by atoms with Crippen LogP contribution < -0.4 is 14.2 Å². The molecule has 178 valence electrons. The first kappa shape index (κ1) is 24.4. The number of carbonyl (C=O) groups is 2. The number of hydrogen-bond acceptors (Lipinski definition) is 5. The molecule has 0 bridgehead atoms. The highest BCUT2D eigenvalue weighted by atomic mass is 19.1. The van der Waals surface area contributed by atoms with E-state index in [9.17, 15) is 14.0 Å². The molecule has 1 heterocycles. The zero-order chi connectivity index (χ0) is 23.6. The summed E-state index contributed by atoms with van der Waals surface area (Å²) in [5.41, 5.74) is 0.418. The van der Waals surface area contributed by atoms with E-state index in [2.05, 4.69) is 0 Å². The van der Waals surface area contributed by atoms with E-state index in [1.54, 1.807) is 43.4 Å². The van der Waals surface area contributed by atoms with Gasteiger partial charge in [-0.1, -0.05) is 12.1 Å². The van der Waals surface area contributed by atoms with E-state index in [1.165, 1.54) is 11.0 Å². The Labute approximate surface area is 194 Å². The lowest BCUT2D eigenvalue weighted by molar-refractivity contribution is -0.134. The molecule has 2 aromatic rings. The number of likely N-dealkylation sites (N-methyl/N-ethyl adjacent to an activating group) is 1. The van der Waals surface area contributed by atoms with Crippen LogP contribution in [-0.2, 0) is 4.79 Å². The van der Waals surface area contributed by atoms with Gasteiger partial charge in [0.2, 0.25) is 0 Å². The van der Waals surface area contributed by atoms with Crippen molar-refractivity contribution in [1.82, 2.24) is 9.80 Å². The molecule has 0 N–H and O–H groups in total. The highest BCUT2D eigenvalue weighted by Crippen LogP contribution is 2.29. The first-order chi connectivity index (χ1) is 16.0. The summed E-state index contributed by atoms with van der Waals surface area (Å²) in [6.07, 6.45) is 3.19. The SMILES string of the molecule is CCOc1cc(C(=O)N(C)CCOc2ccccc2F)ccc1OCC(=O)N1CCCCC1. The van der Waals surface area contributed by atoms with Crippen LogP contribution in [0.5, 0.6) is 17.2 Å². The Morgan fingerprint density at radius 3 is 2.45 bits per heavy atom. The first-order valence-electron chi connectivity index (χ1n) is 11.3. The third-order valence-corrected chi connectivity index (χ3v) is 5.42. The summed E-state index contributed by atoms with van der Waals surface area (Å²) in [5, 5.41) is 0. The average molecular weight is 459 g/mol. The number of hydrogen-bond donors (Lipinski definition) is 0. The van der Waals surface area contributed by atoms with Crippen LogP contribution in [0, 0.1) is 5.82 Å². The zero-order valence-electron chi connectivity index (χ0n) is 19.2. The van der Waals surface area contributed by atoms with Crippen molar-refractivity contribution in [2.45, 2.75) is 26.2 Å². The summed E-state index contributed by atoms with van der Waals surface area (Å²) in [7, 11) is 1.65. The molecule has 1 fully saturated rings. The molecule has 2 amide bonds. The van der Waals surface area contributed by atoms with Gasteiger partial charge in [0.1, 0.15) is 6.61 Å². The first-order valence-corrected chi connectivity index (χ1v) is 11.3. The number of nitrogens with zero attached hydrogens (tertiary/aromatic N) is 2. The van der Waals surface area contributed by atoms with Crippen LogP contribution in [0.4, 0.5) is 4.39 Å². The molecular formula is C25H31FN2O5. The largest absolute Gasteiger partial charge is 0.490 e. The highest BCUT2D eigenvalue weighted by Gasteiger charge is 2.19. The molecule has 3 rings (SSSR count). The van der Waals surface area contributed by atoms with E-state index in [0.29, 0.717) is 23.7 Å². The highest BCUT2D eigenvalue weighted by molar-refractivity contribution is 5.94. The molecule has 0 atom stereocenters. The Kier molecular flexibility index (Phi) is 8.92. The van der Waals surface area contributed by atoms with Gasteiger partial charge in [0.25, 0.3) is 11.8 Å². The van der Waals surface area contributed by atoms with Crippen LogP contribution in [0.15, 0.2) is 42.5 Å². The van der Waals surface area contributed by atoms with E-state index < -0.39 is 5.82 Å². The van der Waals surface area contributed by atoms with Crippen molar-refractivity contribution in [3.05, 3.63) is 53.8 Å². The molecule has 7 nitrogen and oxygen atoms in total. The molecule has 0 aromatic heterocycles. The number of piperidine rings is 1. The molecule has 1 aliphatic rings. The number of halogens is 1. The van der Waals surface area contributed by atoms with Gasteiger partial charge in [0.15, 0.2) is 29.7 Å². The van der Waals surface area contributed by atoms with Crippen molar-refractivity contribution in [3.8, 4) is 17.2 Å². The van der Waals surface area contributed by atoms with E-state index in [1.807, 2.05) is 11.8 Å². The number of benzene rings is 2. The molecule has 8 heteroatoms. The lowest BCUT2D eigenvalue weighted by Gasteiger charge is -2.26. The van der Waals surface area contributed by atoms with Gasteiger partial charge in [-0.05, 0) is 56.5 Å². The third-order valence-electron chi connectivity index (χ3n) is 5.42. The second-order valence-corrected chi connectivity index (χ2v) is 7.83. The van der Waals surface area contributed by atoms with Gasteiger partial charge in [-0.3, -0.25) is 9.59 Å². The lowest BCUT2D eigenvalue weighted by atomic mass is 10.1. The molecule has 0 aliphatic carbocycles. The Morgan fingerprint density at radius 2 is 1.73 bits per heavy atom. The van der Waals surface area contributed by atoms with Gasteiger partial charge in [0.05, 0.1) is 13.2 Å². The number of rotatable bonds is 10. The third kappa shape index (κ3) is 6.84. The lowest BCUT2D eigenvalue weighted by Crippen LogP contribution is -2.38. The van der Waals surface area contributed by atoms with Gasteiger partial charge in [0, 0.05) is 25.7 Å². The van der Waals surface area contributed by atoms with E-state index in [-0.39, 0.29) is 37.3 Å². The number of carbonyl (C=O) groups excluding carboxylic acids is 2. The summed E-state index contributed by atoms with van der Waals surface area (Å²) in [4.78, 5) is 28.5. The van der Waals surface area contributed by atoms with Gasteiger partial charge in [-0.15, -0.1) is 0 Å². The van der Waals surface area contributed by atoms with E-state index in [0.717, 1.165) is 32.4 Å². The maximum Gasteiger partial charge on any atom is 0.260 e. The predicted molar refractivity (Wildman–Crippen MR) is 122 cm³/mol. The molecule has 1 aliphatic heterocycles. The second kappa shape index (κ2) is 12.1. The van der Waals surface area contributed by atoms with Crippen molar-refractivity contribution in [2.24, 2.45) is 0 Å². The van der Waals surface area contributed by atoms with Crippen LogP contribution in [0.1, 0.15) is 36.5 Å². The van der Waals surface area contributed by atoms with Crippen LogP contribution in [0.3, 0.4) is 0 Å². The molecule has 1 saturated heterocycles. The average Bonchev–Trinajstić information content (AvgIpc) is 2.84. The van der Waals surface area contributed by atoms with Crippen molar-refractivity contribution < 1.29 is 28.2 Å². The van der Waals surface area contributed by atoms with Gasteiger partial charge in [-0.2, -0.15) is 0 Å². The van der Waals surface area contributed by atoms with Crippen molar-refractivity contribution >= 4 is 11.8 Å². The fourth-order valence-electron chi connectivity index (χ4n) is 3.58. The number of likely N-dealkylation sites (tertiary alicyclic amines) is 1. The minimum atomic E-state index is -0.442. The fourth-order valence-corrected chi connectivity index (χ4v) is 3.58. The summed E-state index contributed by atoms with van der Waals surface area (Å²) >= 11 is 0. The smallest absolute Gasteiger partial charge is 0.260 e. The van der Waals surface area contributed by atoms with E-state index in [4.69, 9.17) is 14.2 Å². The maximum absolute atomic E-state index is 13.7. The normalized spacial score (nSPS) is 13.4. The molecule has 0 unspecified atom stereocenters. The number of amides is 2. The van der Waals surface area contributed by atoms with E-state index >= 15 is 0 Å². The number of para-hydroxylation sites is 1. The Balaban J connectivity index is 1.57. The quantitative estimate of drug-likeness (QED) is 0.542. The minimum absolute atomic E-state index is 0.0492. The van der Waals surface area contributed by atoms with Gasteiger partial charge < -0.3 is 24.0 Å². The maximum atomic E-state index is 13.7. The van der Waals surface area contributed by atoms with Crippen molar-refractivity contribution in [3.63, 3.8) is 0 Å². The van der Waals surface area contributed by atoms with Crippen LogP contribution in [0.25, 0.3) is 0 Å². The second-order valence-electron chi connectivity index (χ2n) is 7.83. The number of ether oxygens (including phenoxy) is 3.